The summed E-state index contributed by atoms with van der Waals surface area (Å²) in [4.78, 5) is 6.99. The molecule has 1 aliphatic rings. The van der Waals surface area contributed by atoms with Crippen LogP contribution in [-0.2, 0) is 6.42 Å². The lowest BCUT2D eigenvalue weighted by atomic mass is 9.97. The van der Waals surface area contributed by atoms with Crippen molar-refractivity contribution < 1.29 is 5.11 Å². The van der Waals surface area contributed by atoms with Gasteiger partial charge in [0.1, 0.15) is 0 Å². The normalized spacial score (nSPS) is 19.5. The molecule has 0 saturated carbocycles. The van der Waals surface area contributed by atoms with Gasteiger partial charge < -0.3 is 10.0 Å². The van der Waals surface area contributed by atoms with E-state index >= 15 is 0 Å². The zero-order chi connectivity index (χ0) is 14.1. The molecule has 0 bridgehead atoms. The molecule has 1 aliphatic heterocycles. The van der Waals surface area contributed by atoms with E-state index < -0.39 is 6.10 Å². The molecule has 0 radical (unpaired) electrons. The van der Waals surface area contributed by atoms with Crippen molar-refractivity contribution in [1.29, 1.82) is 0 Å². The molecule has 1 aromatic carbocycles. The molecule has 0 amide bonds. The van der Waals surface area contributed by atoms with E-state index in [1.165, 1.54) is 0 Å². The SMILES string of the molecule is CCc1ccc2cccc(C(O)C3CCCN3C)c2n1.Cl.Cl. The molecule has 22 heavy (non-hydrogen) atoms. The van der Waals surface area contributed by atoms with E-state index in [0.29, 0.717) is 0 Å². The highest BCUT2D eigenvalue weighted by Gasteiger charge is 2.30. The van der Waals surface area contributed by atoms with Gasteiger partial charge in [-0.3, -0.25) is 4.98 Å². The van der Waals surface area contributed by atoms with Crippen molar-refractivity contribution in [2.75, 3.05) is 13.6 Å². The highest BCUT2D eigenvalue weighted by atomic mass is 35.5. The monoisotopic (exact) mass is 342 g/mol. The van der Waals surface area contributed by atoms with Crippen LogP contribution in [0.2, 0.25) is 0 Å². The second kappa shape index (κ2) is 8.11. The number of aryl methyl sites for hydroxylation is 1. The van der Waals surface area contributed by atoms with Gasteiger partial charge in [-0.15, -0.1) is 24.8 Å². The third-order valence-electron chi connectivity index (χ3n) is 4.43. The van der Waals surface area contributed by atoms with Gasteiger partial charge in [0.2, 0.25) is 0 Å². The Balaban J connectivity index is 0.00000121. The van der Waals surface area contributed by atoms with E-state index in [2.05, 4.69) is 37.1 Å². The standard InChI is InChI=1S/C17H22N2O.2ClH/c1-3-13-10-9-12-6-4-7-14(16(12)18-13)17(20)15-8-5-11-19(15)2;;/h4,6-7,9-10,15,17,20H,3,5,8,11H2,1-2H3;2*1H. The summed E-state index contributed by atoms with van der Waals surface area (Å²) in [6.45, 7) is 3.18. The first-order valence-electron chi connectivity index (χ1n) is 7.47. The van der Waals surface area contributed by atoms with Gasteiger partial charge in [0.25, 0.3) is 0 Å². The number of benzene rings is 1. The fraction of sp³-hybridized carbons (Fsp3) is 0.471. The molecule has 1 saturated heterocycles. The average molecular weight is 343 g/mol. The van der Waals surface area contributed by atoms with Crippen molar-refractivity contribution in [3.8, 4) is 0 Å². The summed E-state index contributed by atoms with van der Waals surface area (Å²) in [5.74, 6) is 0. The minimum Gasteiger partial charge on any atom is -0.387 e. The first-order valence-corrected chi connectivity index (χ1v) is 7.47. The molecule has 1 fully saturated rings. The van der Waals surface area contributed by atoms with Crippen LogP contribution in [0, 0.1) is 0 Å². The first kappa shape index (κ1) is 19.2. The van der Waals surface area contributed by atoms with Crippen molar-refractivity contribution in [3.05, 3.63) is 41.6 Å². The average Bonchev–Trinajstić information content (AvgIpc) is 2.91. The molecular weight excluding hydrogens is 319 g/mol. The maximum atomic E-state index is 10.8. The Hall–Kier alpha value is -0.870. The van der Waals surface area contributed by atoms with Gasteiger partial charge in [-0.2, -0.15) is 0 Å². The van der Waals surface area contributed by atoms with E-state index in [1.54, 1.807) is 0 Å². The summed E-state index contributed by atoms with van der Waals surface area (Å²) in [5.41, 5.74) is 3.01. The largest absolute Gasteiger partial charge is 0.387 e. The summed E-state index contributed by atoms with van der Waals surface area (Å²) in [7, 11) is 2.09. The van der Waals surface area contributed by atoms with Crippen LogP contribution in [-0.4, -0.2) is 34.6 Å². The molecule has 2 aromatic rings. The van der Waals surface area contributed by atoms with Crippen molar-refractivity contribution in [2.45, 2.75) is 38.3 Å². The third-order valence-corrected chi connectivity index (χ3v) is 4.43. The number of pyridine rings is 1. The van der Waals surface area contributed by atoms with Crippen LogP contribution in [0.25, 0.3) is 10.9 Å². The van der Waals surface area contributed by atoms with Gasteiger partial charge in [0.15, 0.2) is 0 Å². The van der Waals surface area contributed by atoms with Crippen molar-refractivity contribution >= 4 is 35.7 Å². The lowest BCUT2D eigenvalue weighted by Gasteiger charge is -2.26. The number of rotatable bonds is 3. The van der Waals surface area contributed by atoms with E-state index in [9.17, 15) is 5.11 Å². The number of hydrogen-bond acceptors (Lipinski definition) is 3. The van der Waals surface area contributed by atoms with E-state index in [-0.39, 0.29) is 30.9 Å². The molecule has 2 unspecified atom stereocenters. The van der Waals surface area contributed by atoms with Crippen LogP contribution in [0.15, 0.2) is 30.3 Å². The quantitative estimate of drug-likeness (QED) is 0.922. The summed E-state index contributed by atoms with van der Waals surface area (Å²) in [6.07, 6.45) is 2.69. The molecule has 3 rings (SSSR count). The number of aromatic nitrogens is 1. The number of halogens is 2. The van der Waals surface area contributed by atoms with Crippen LogP contribution in [0.3, 0.4) is 0 Å². The molecule has 1 N–H and O–H groups in total. The van der Waals surface area contributed by atoms with E-state index in [0.717, 1.165) is 48.0 Å². The predicted molar refractivity (Wildman–Crippen MR) is 96.2 cm³/mol. The smallest absolute Gasteiger partial charge is 0.0966 e. The third kappa shape index (κ3) is 3.54. The Bertz CT molecular complexity index is 621. The predicted octanol–water partition coefficient (Wildman–Crippen LogP) is 3.77. The molecule has 0 spiro atoms. The van der Waals surface area contributed by atoms with Gasteiger partial charge >= 0.3 is 0 Å². The van der Waals surface area contributed by atoms with Crippen LogP contribution in [0.1, 0.15) is 37.1 Å². The second-order valence-electron chi connectivity index (χ2n) is 5.71. The molecule has 2 atom stereocenters. The number of para-hydroxylation sites is 1. The molecular formula is C17H24Cl2N2O. The number of fused-ring (bicyclic) bond motifs is 1. The van der Waals surface area contributed by atoms with Gasteiger partial charge in [0, 0.05) is 22.7 Å². The highest BCUT2D eigenvalue weighted by Crippen LogP contribution is 2.31. The second-order valence-corrected chi connectivity index (χ2v) is 5.71. The fourth-order valence-corrected chi connectivity index (χ4v) is 3.19. The van der Waals surface area contributed by atoms with Crippen molar-refractivity contribution in [2.24, 2.45) is 0 Å². The topological polar surface area (TPSA) is 36.4 Å². The first-order chi connectivity index (χ1) is 9.70. The van der Waals surface area contributed by atoms with E-state index in [1.807, 2.05) is 12.1 Å². The number of likely N-dealkylation sites (N-methyl/N-ethyl adjacent to an activating group) is 1. The number of hydrogen-bond donors (Lipinski definition) is 1. The summed E-state index contributed by atoms with van der Waals surface area (Å²) in [5, 5.41) is 11.9. The number of nitrogens with zero attached hydrogens (tertiary/aromatic N) is 2. The van der Waals surface area contributed by atoms with Crippen molar-refractivity contribution in [3.63, 3.8) is 0 Å². The van der Waals surface area contributed by atoms with Gasteiger partial charge in [-0.05, 0) is 38.9 Å². The lowest BCUT2D eigenvalue weighted by molar-refractivity contribution is 0.0867. The zero-order valence-corrected chi connectivity index (χ0v) is 14.7. The molecule has 1 aromatic heterocycles. The molecule has 122 valence electrons. The molecule has 2 heterocycles. The minimum absolute atomic E-state index is 0. The maximum Gasteiger partial charge on any atom is 0.0966 e. The highest BCUT2D eigenvalue weighted by molar-refractivity contribution is 5.85. The Kier molecular flexibility index (Phi) is 7.07. The number of aliphatic hydroxyl groups is 1. The van der Waals surface area contributed by atoms with Crippen LogP contribution >= 0.6 is 24.8 Å². The fourth-order valence-electron chi connectivity index (χ4n) is 3.19. The summed E-state index contributed by atoms with van der Waals surface area (Å²) >= 11 is 0. The molecule has 0 aliphatic carbocycles. The summed E-state index contributed by atoms with van der Waals surface area (Å²) in [6, 6.07) is 10.5. The van der Waals surface area contributed by atoms with Crippen molar-refractivity contribution in [1.82, 2.24) is 9.88 Å². The Morgan fingerprint density at radius 1 is 1.27 bits per heavy atom. The van der Waals surface area contributed by atoms with E-state index in [4.69, 9.17) is 4.98 Å². The lowest BCUT2D eigenvalue weighted by Crippen LogP contribution is -2.31. The summed E-state index contributed by atoms with van der Waals surface area (Å²) < 4.78 is 0. The van der Waals surface area contributed by atoms with Crippen LogP contribution in [0.5, 0.6) is 0 Å². The van der Waals surface area contributed by atoms with Crippen LogP contribution in [0.4, 0.5) is 0 Å². The zero-order valence-electron chi connectivity index (χ0n) is 13.0. The Labute approximate surface area is 144 Å². The Morgan fingerprint density at radius 2 is 2.05 bits per heavy atom. The molecule has 3 nitrogen and oxygen atoms in total. The van der Waals surface area contributed by atoms with Gasteiger partial charge in [-0.25, -0.2) is 0 Å². The van der Waals surface area contributed by atoms with Crippen LogP contribution < -0.4 is 0 Å². The van der Waals surface area contributed by atoms with Gasteiger partial charge in [-0.1, -0.05) is 31.2 Å². The maximum absolute atomic E-state index is 10.8. The number of likely N-dealkylation sites (tertiary alicyclic amines) is 1. The number of aliphatic hydroxyl groups excluding tert-OH is 1. The minimum atomic E-state index is -0.453. The van der Waals surface area contributed by atoms with Gasteiger partial charge in [0.05, 0.1) is 11.6 Å². The molecule has 5 heteroatoms. The Morgan fingerprint density at radius 3 is 2.68 bits per heavy atom.